The molecule has 0 saturated heterocycles. The standard InChI is InChI=1S/C10H13N3O2/c1-12-10(11)13-6-7-2-4-8(5-3-7)9(14)15/h2-5H,6H2,1H3,(H,14,15)(H3,11,12,13)/p-1. The second kappa shape index (κ2) is 4.99. The van der Waals surface area contributed by atoms with Crippen molar-refractivity contribution in [2.24, 2.45) is 10.7 Å². The molecule has 0 fully saturated rings. The zero-order chi connectivity index (χ0) is 11.3. The first-order chi connectivity index (χ1) is 7.13. The highest BCUT2D eigenvalue weighted by Crippen LogP contribution is 2.02. The molecule has 1 aromatic carbocycles. The molecule has 5 heteroatoms. The van der Waals surface area contributed by atoms with Crippen molar-refractivity contribution in [1.29, 1.82) is 0 Å². The fourth-order valence-electron chi connectivity index (χ4n) is 1.03. The normalized spacial score (nSPS) is 11.1. The first-order valence-electron chi connectivity index (χ1n) is 4.40. The first kappa shape index (κ1) is 11.0. The van der Waals surface area contributed by atoms with Gasteiger partial charge in [0.15, 0.2) is 5.96 Å². The Hall–Kier alpha value is -2.04. The molecule has 0 amide bonds. The average molecular weight is 206 g/mol. The van der Waals surface area contributed by atoms with Gasteiger partial charge in [0.05, 0.1) is 5.97 Å². The van der Waals surface area contributed by atoms with E-state index in [1.54, 1.807) is 19.2 Å². The number of rotatable bonds is 3. The molecule has 0 aromatic heterocycles. The number of benzene rings is 1. The lowest BCUT2D eigenvalue weighted by molar-refractivity contribution is -0.255. The van der Waals surface area contributed by atoms with Crippen LogP contribution in [0.1, 0.15) is 15.9 Å². The third-order valence-corrected chi connectivity index (χ3v) is 1.90. The van der Waals surface area contributed by atoms with Crippen molar-refractivity contribution in [2.75, 3.05) is 7.05 Å². The van der Waals surface area contributed by atoms with E-state index in [-0.39, 0.29) is 5.56 Å². The van der Waals surface area contributed by atoms with E-state index in [1.165, 1.54) is 12.1 Å². The Kier molecular flexibility index (Phi) is 3.68. The van der Waals surface area contributed by atoms with Crippen molar-refractivity contribution in [1.82, 2.24) is 5.32 Å². The Balaban J connectivity index is 2.61. The summed E-state index contributed by atoms with van der Waals surface area (Å²) < 4.78 is 0. The number of aliphatic imine (C=N–C) groups is 1. The molecule has 0 aliphatic carbocycles. The molecule has 3 N–H and O–H groups in total. The average Bonchev–Trinajstić information content (AvgIpc) is 2.26. The highest BCUT2D eigenvalue weighted by molar-refractivity contribution is 5.85. The van der Waals surface area contributed by atoms with E-state index < -0.39 is 5.97 Å². The SMILES string of the molecule is CN=C(N)NCc1ccc(C(=O)[O-])cc1. The lowest BCUT2D eigenvalue weighted by Gasteiger charge is -2.06. The number of nitrogens with zero attached hydrogens (tertiary/aromatic N) is 1. The minimum absolute atomic E-state index is 0.163. The summed E-state index contributed by atoms with van der Waals surface area (Å²) >= 11 is 0. The number of carboxylic acid groups (broad SMARTS) is 1. The second-order valence-corrected chi connectivity index (χ2v) is 2.95. The molecular weight excluding hydrogens is 194 g/mol. The van der Waals surface area contributed by atoms with E-state index in [2.05, 4.69) is 10.3 Å². The maximum absolute atomic E-state index is 10.5. The molecule has 0 unspecified atom stereocenters. The van der Waals surface area contributed by atoms with Crippen LogP contribution in [0.25, 0.3) is 0 Å². The van der Waals surface area contributed by atoms with Gasteiger partial charge in [-0.2, -0.15) is 0 Å². The van der Waals surface area contributed by atoms with Gasteiger partial charge < -0.3 is 21.0 Å². The largest absolute Gasteiger partial charge is 0.545 e. The maximum atomic E-state index is 10.5. The fourth-order valence-corrected chi connectivity index (χ4v) is 1.03. The Morgan fingerprint density at radius 2 is 2.07 bits per heavy atom. The van der Waals surface area contributed by atoms with Gasteiger partial charge in [0, 0.05) is 13.6 Å². The summed E-state index contributed by atoms with van der Waals surface area (Å²) in [6.45, 7) is 0.510. The second-order valence-electron chi connectivity index (χ2n) is 2.95. The third-order valence-electron chi connectivity index (χ3n) is 1.90. The van der Waals surface area contributed by atoms with Crippen LogP contribution in [0.15, 0.2) is 29.3 Å². The number of carbonyl (C=O) groups excluding carboxylic acids is 1. The molecule has 0 spiro atoms. The molecule has 0 heterocycles. The third kappa shape index (κ3) is 3.30. The summed E-state index contributed by atoms with van der Waals surface area (Å²) in [7, 11) is 1.58. The smallest absolute Gasteiger partial charge is 0.188 e. The van der Waals surface area contributed by atoms with Gasteiger partial charge in [-0.25, -0.2) is 0 Å². The molecule has 0 aliphatic rings. The predicted molar refractivity (Wildman–Crippen MR) is 55.2 cm³/mol. The van der Waals surface area contributed by atoms with Crippen molar-refractivity contribution in [3.63, 3.8) is 0 Å². The summed E-state index contributed by atoms with van der Waals surface area (Å²) in [6, 6.07) is 6.37. The minimum Gasteiger partial charge on any atom is -0.545 e. The number of aromatic carboxylic acids is 1. The van der Waals surface area contributed by atoms with E-state index in [0.29, 0.717) is 12.5 Å². The maximum Gasteiger partial charge on any atom is 0.188 e. The lowest BCUT2D eigenvalue weighted by atomic mass is 10.1. The zero-order valence-electron chi connectivity index (χ0n) is 8.36. The summed E-state index contributed by atoms with van der Waals surface area (Å²) in [5, 5.41) is 13.3. The van der Waals surface area contributed by atoms with Gasteiger partial charge >= 0.3 is 0 Å². The molecule has 0 atom stereocenters. The Morgan fingerprint density at radius 1 is 1.47 bits per heavy atom. The van der Waals surface area contributed by atoms with Crippen molar-refractivity contribution < 1.29 is 9.90 Å². The summed E-state index contributed by atoms with van der Waals surface area (Å²) in [5.41, 5.74) is 6.52. The van der Waals surface area contributed by atoms with Crippen LogP contribution in [0, 0.1) is 0 Å². The zero-order valence-corrected chi connectivity index (χ0v) is 8.36. The van der Waals surface area contributed by atoms with E-state index in [1.807, 2.05) is 0 Å². The van der Waals surface area contributed by atoms with Crippen molar-refractivity contribution in [3.8, 4) is 0 Å². The molecule has 0 radical (unpaired) electrons. The Bertz CT molecular complexity index is 371. The van der Waals surface area contributed by atoms with Gasteiger partial charge in [-0.3, -0.25) is 4.99 Å². The van der Waals surface area contributed by atoms with Crippen molar-refractivity contribution >= 4 is 11.9 Å². The summed E-state index contributed by atoms with van der Waals surface area (Å²) in [6.07, 6.45) is 0. The van der Waals surface area contributed by atoms with Gasteiger partial charge in [-0.05, 0) is 11.1 Å². The predicted octanol–water partition coefficient (Wildman–Crippen LogP) is -0.916. The molecular formula is C10H12N3O2-. The van der Waals surface area contributed by atoms with Crippen LogP contribution in [0.2, 0.25) is 0 Å². The molecule has 80 valence electrons. The molecule has 1 rings (SSSR count). The monoisotopic (exact) mass is 206 g/mol. The summed E-state index contributed by atoms with van der Waals surface area (Å²) in [5.74, 6) is -0.830. The van der Waals surface area contributed by atoms with Crippen LogP contribution in [0.4, 0.5) is 0 Å². The fraction of sp³-hybridized carbons (Fsp3) is 0.200. The number of guanidine groups is 1. The number of hydrogen-bond donors (Lipinski definition) is 2. The Morgan fingerprint density at radius 3 is 2.53 bits per heavy atom. The van der Waals surface area contributed by atoms with Crippen LogP contribution >= 0.6 is 0 Å². The van der Waals surface area contributed by atoms with Crippen LogP contribution in [-0.4, -0.2) is 19.0 Å². The molecule has 5 nitrogen and oxygen atoms in total. The first-order valence-corrected chi connectivity index (χ1v) is 4.40. The topological polar surface area (TPSA) is 90.5 Å². The number of nitrogens with two attached hydrogens (primary N) is 1. The van der Waals surface area contributed by atoms with Crippen LogP contribution in [0.5, 0.6) is 0 Å². The molecule has 0 bridgehead atoms. The lowest BCUT2D eigenvalue weighted by Crippen LogP contribution is -2.30. The van der Waals surface area contributed by atoms with Crippen LogP contribution < -0.4 is 16.2 Å². The van der Waals surface area contributed by atoms with Gasteiger partial charge in [-0.1, -0.05) is 24.3 Å². The van der Waals surface area contributed by atoms with Gasteiger partial charge in [0.2, 0.25) is 0 Å². The number of hydrogen-bond acceptors (Lipinski definition) is 3. The summed E-state index contributed by atoms with van der Waals surface area (Å²) in [4.78, 5) is 14.2. The number of nitrogens with one attached hydrogen (secondary N) is 1. The van der Waals surface area contributed by atoms with Crippen molar-refractivity contribution in [3.05, 3.63) is 35.4 Å². The van der Waals surface area contributed by atoms with Gasteiger partial charge in [-0.15, -0.1) is 0 Å². The van der Waals surface area contributed by atoms with E-state index in [0.717, 1.165) is 5.56 Å². The molecule has 0 aliphatic heterocycles. The molecule has 15 heavy (non-hydrogen) atoms. The highest BCUT2D eigenvalue weighted by Gasteiger charge is 1.95. The van der Waals surface area contributed by atoms with E-state index in [9.17, 15) is 9.90 Å². The van der Waals surface area contributed by atoms with E-state index >= 15 is 0 Å². The van der Waals surface area contributed by atoms with Gasteiger partial charge in [0.25, 0.3) is 0 Å². The quantitative estimate of drug-likeness (QED) is 0.494. The van der Waals surface area contributed by atoms with Crippen LogP contribution in [0.3, 0.4) is 0 Å². The van der Waals surface area contributed by atoms with Crippen LogP contribution in [-0.2, 0) is 6.54 Å². The minimum atomic E-state index is -1.18. The highest BCUT2D eigenvalue weighted by atomic mass is 16.4. The van der Waals surface area contributed by atoms with E-state index in [4.69, 9.17) is 5.73 Å². The molecule has 0 saturated carbocycles. The number of carboxylic acids is 1. The Labute approximate surface area is 87.6 Å². The van der Waals surface area contributed by atoms with Gasteiger partial charge in [0.1, 0.15) is 0 Å². The van der Waals surface area contributed by atoms with Crippen molar-refractivity contribution in [2.45, 2.75) is 6.54 Å². The molecule has 1 aromatic rings. The number of carbonyl (C=O) groups is 1.